The molecule has 0 unspecified atom stereocenters. The molecule has 7 heteroatoms. The molecule has 0 atom stereocenters. The standard InChI is InChI=1S/C19H21N5OS/c1-12-16(13(2)22-19(20)21-12)9-17(25)24(3)10-15-11-26-18(23-15)14-7-5-4-6-8-14/h4-8,11H,9-10H2,1-3H3,(H2,20,21,22). The maximum Gasteiger partial charge on any atom is 0.227 e. The number of rotatable bonds is 5. The molecule has 0 fully saturated rings. The molecule has 3 aromatic rings. The van der Waals surface area contributed by atoms with E-state index in [-0.39, 0.29) is 18.3 Å². The third-order valence-corrected chi connectivity index (χ3v) is 5.10. The maximum absolute atomic E-state index is 12.6. The smallest absolute Gasteiger partial charge is 0.227 e. The molecule has 0 bridgehead atoms. The van der Waals surface area contributed by atoms with Crippen molar-refractivity contribution >= 4 is 23.2 Å². The molecular formula is C19H21N5OS. The van der Waals surface area contributed by atoms with Crippen LogP contribution in [0.25, 0.3) is 10.6 Å². The molecule has 0 saturated carbocycles. The lowest BCUT2D eigenvalue weighted by atomic mass is 10.1. The van der Waals surface area contributed by atoms with Crippen LogP contribution in [-0.4, -0.2) is 32.8 Å². The molecule has 2 N–H and O–H groups in total. The number of anilines is 1. The van der Waals surface area contributed by atoms with Gasteiger partial charge < -0.3 is 10.6 Å². The van der Waals surface area contributed by atoms with Gasteiger partial charge in [0.2, 0.25) is 11.9 Å². The number of nitrogen functional groups attached to an aromatic ring is 1. The fourth-order valence-electron chi connectivity index (χ4n) is 2.73. The molecule has 3 rings (SSSR count). The second kappa shape index (κ2) is 7.61. The van der Waals surface area contributed by atoms with Gasteiger partial charge in [-0.05, 0) is 13.8 Å². The highest BCUT2D eigenvalue weighted by molar-refractivity contribution is 7.13. The highest BCUT2D eigenvalue weighted by Crippen LogP contribution is 2.24. The first-order valence-corrected chi connectivity index (χ1v) is 9.15. The number of nitrogens with two attached hydrogens (primary N) is 1. The number of thiazole rings is 1. The number of hydrogen-bond donors (Lipinski definition) is 1. The highest BCUT2D eigenvalue weighted by Gasteiger charge is 2.16. The van der Waals surface area contributed by atoms with Crippen molar-refractivity contribution in [2.24, 2.45) is 0 Å². The molecule has 134 valence electrons. The van der Waals surface area contributed by atoms with Crippen molar-refractivity contribution < 1.29 is 4.79 Å². The molecule has 0 aliphatic rings. The van der Waals surface area contributed by atoms with Crippen molar-refractivity contribution in [1.29, 1.82) is 0 Å². The van der Waals surface area contributed by atoms with Gasteiger partial charge in [-0.3, -0.25) is 4.79 Å². The van der Waals surface area contributed by atoms with Crippen LogP contribution in [0.2, 0.25) is 0 Å². The van der Waals surface area contributed by atoms with Crippen molar-refractivity contribution in [2.75, 3.05) is 12.8 Å². The Balaban J connectivity index is 1.68. The number of hydrogen-bond acceptors (Lipinski definition) is 6. The summed E-state index contributed by atoms with van der Waals surface area (Å²) in [5, 5.41) is 2.95. The lowest BCUT2D eigenvalue weighted by Gasteiger charge is -2.17. The van der Waals surface area contributed by atoms with Gasteiger partial charge in [-0.2, -0.15) is 0 Å². The van der Waals surface area contributed by atoms with Crippen molar-refractivity contribution in [1.82, 2.24) is 19.9 Å². The number of carbonyl (C=O) groups is 1. The van der Waals surface area contributed by atoms with Crippen LogP contribution in [0.4, 0.5) is 5.95 Å². The van der Waals surface area contributed by atoms with Gasteiger partial charge in [-0.1, -0.05) is 30.3 Å². The number of nitrogens with zero attached hydrogens (tertiary/aromatic N) is 4. The SMILES string of the molecule is Cc1nc(N)nc(C)c1CC(=O)N(C)Cc1csc(-c2ccccc2)n1. The number of benzene rings is 1. The molecule has 2 heterocycles. The van der Waals surface area contributed by atoms with Gasteiger partial charge in [-0.25, -0.2) is 15.0 Å². The van der Waals surface area contributed by atoms with E-state index in [4.69, 9.17) is 5.73 Å². The average Bonchev–Trinajstić information content (AvgIpc) is 3.07. The average molecular weight is 367 g/mol. The van der Waals surface area contributed by atoms with Crippen LogP contribution in [0.5, 0.6) is 0 Å². The van der Waals surface area contributed by atoms with Crippen LogP contribution < -0.4 is 5.73 Å². The minimum Gasteiger partial charge on any atom is -0.368 e. The van der Waals surface area contributed by atoms with Gasteiger partial charge in [0.1, 0.15) is 5.01 Å². The Labute approximate surface area is 156 Å². The predicted octanol–water partition coefficient (Wildman–Crippen LogP) is 3.00. The number of aromatic nitrogens is 3. The van der Waals surface area contributed by atoms with E-state index in [1.165, 1.54) is 0 Å². The molecule has 2 aromatic heterocycles. The minimum absolute atomic E-state index is 0.00108. The van der Waals surface area contributed by atoms with Gasteiger partial charge in [0.05, 0.1) is 18.7 Å². The quantitative estimate of drug-likeness (QED) is 0.749. The third kappa shape index (κ3) is 4.05. The summed E-state index contributed by atoms with van der Waals surface area (Å²) < 4.78 is 0. The normalized spacial score (nSPS) is 10.7. The zero-order chi connectivity index (χ0) is 18.7. The van der Waals surface area contributed by atoms with Crippen LogP contribution in [0, 0.1) is 13.8 Å². The van der Waals surface area contributed by atoms with Crippen LogP contribution in [0.1, 0.15) is 22.6 Å². The number of likely N-dealkylation sites (N-methyl/N-ethyl adjacent to an activating group) is 1. The Morgan fingerprint density at radius 2 is 1.77 bits per heavy atom. The van der Waals surface area contributed by atoms with Crippen molar-refractivity contribution in [3.8, 4) is 10.6 Å². The molecule has 0 aliphatic heterocycles. The first-order chi connectivity index (χ1) is 12.4. The Bertz CT molecular complexity index is 900. The Hall–Kier alpha value is -2.80. The molecule has 1 amide bonds. The van der Waals surface area contributed by atoms with E-state index in [0.717, 1.165) is 33.2 Å². The summed E-state index contributed by atoms with van der Waals surface area (Å²) >= 11 is 1.58. The highest BCUT2D eigenvalue weighted by atomic mass is 32.1. The molecule has 0 spiro atoms. The lowest BCUT2D eigenvalue weighted by Crippen LogP contribution is -2.28. The van der Waals surface area contributed by atoms with Crippen molar-refractivity contribution in [3.63, 3.8) is 0 Å². The first kappa shape index (κ1) is 18.0. The van der Waals surface area contributed by atoms with Gasteiger partial charge in [-0.15, -0.1) is 11.3 Å². The summed E-state index contributed by atoms with van der Waals surface area (Å²) in [4.78, 5) is 27.2. The van der Waals surface area contributed by atoms with Crippen molar-refractivity contribution in [2.45, 2.75) is 26.8 Å². The van der Waals surface area contributed by atoms with Crippen LogP contribution in [0.3, 0.4) is 0 Å². The third-order valence-electron chi connectivity index (χ3n) is 4.16. The number of amides is 1. The molecule has 0 saturated heterocycles. The largest absolute Gasteiger partial charge is 0.368 e. The maximum atomic E-state index is 12.6. The summed E-state index contributed by atoms with van der Waals surface area (Å²) in [7, 11) is 1.78. The van der Waals surface area contributed by atoms with E-state index in [9.17, 15) is 4.79 Å². The second-order valence-corrected chi connectivity index (χ2v) is 7.03. The van der Waals surface area contributed by atoms with Crippen LogP contribution >= 0.6 is 11.3 Å². The second-order valence-electron chi connectivity index (χ2n) is 6.17. The van der Waals surface area contributed by atoms with E-state index in [0.29, 0.717) is 6.54 Å². The fraction of sp³-hybridized carbons (Fsp3) is 0.263. The Morgan fingerprint density at radius 1 is 1.12 bits per heavy atom. The Morgan fingerprint density at radius 3 is 2.42 bits per heavy atom. The summed E-state index contributed by atoms with van der Waals surface area (Å²) in [5.74, 6) is 0.235. The molecular weight excluding hydrogens is 346 g/mol. The zero-order valence-electron chi connectivity index (χ0n) is 15.1. The summed E-state index contributed by atoms with van der Waals surface area (Å²) in [6, 6.07) is 10.0. The summed E-state index contributed by atoms with van der Waals surface area (Å²) in [5.41, 5.74) is 9.94. The predicted molar refractivity (Wildman–Crippen MR) is 104 cm³/mol. The first-order valence-electron chi connectivity index (χ1n) is 8.27. The van der Waals surface area contributed by atoms with Crippen LogP contribution in [-0.2, 0) is 17.8 Å². The zero-order valence-corrected chi connectivity index (χ0v) is 15.9. The summed E-state index contributed by atoms with van der Waals surface area (Å²) in [6.45, 7) is 4.16. The summed E-state index contributed by atoms with van der Waals surface area (Å²) in [6.07, 6.45) is 0.254. The monoisotopic (exact) mass is 367 g/mol. The Kier molecular flexibility index (Phi) is 5.27. The van der Waals surface area contributed by atoms with Gasteiger partial charge >= 0.3 is 0 Å². The lowest BCUT2D eigenvalue weighted by molar-refractivity contribution is -0.129. The molecule has 0 aliphatic carbocycles. The van der Waals surface area contributed by atoms with E-state index in [2.05, 4.69) is 15.0 Å². The number of aryl methyl sites for hydroxylation is 2. The van der Waals surface area contributed by atoms with E-state index < -0.39 is 0 Å². The van der Waals surface area contributed by atoms with Crippen LogP contribution in [0.15, 0.2) is 35.7 Å². The van der Waals surface area contributed by atoms with Crippen molar-refractivity contribution in [3.05, 3.63) is 58.4 Å². The molecule has 0 radical (unpaired) electrons. The molecule has 6 nitrogen and oxygen atoms in total. The number of carbonyl (C=O) groups excluding carboxylic acids is 1. The van der Waals surface area contributed by atoms with Gasteiger partial charge in [0.25, 0.3) is 0 Å². The molecule has 1 aromatic carbocycles. The van der Waals surface area contributed by atoms with E-state index >= 15 is 0 Å². The molecule has 26 heavy (non-hydrogen) atoms. The topological polar surface area (TPSA) is 85.0 Å². The van der Waals surface area contributed by atoms with Gasteiger partial charge in [0, 0.05) is 34.9 Å². The van der Waals surface area contributed by atoms with E-state index in [1.807, 2.05) is 49.6 Å². The minimum atomic E-state index is -0.00108. The fourth-order valence-corrected chi connectivity index (χ4v) is 3.55. The van der Waals surface area contributed by atoms with E-state index in [1.54, 1.807) is 23.3 Å². The van der Waals surface area contributed by atoms with Gasteiger partial charge in [0.15, 0.2) is 0 Å².